The number of para-hydroxylation sites is 1. The Labute approximate surface area is 147 Å². The lowest BCUT2D eigenvalue weighted by Crippen LogP contribution is -2.52. The summed E-state index contributed by atoms with van der Waals surface area (Å²) < 4.78 is 5.80. The first-order chi connectivity index (χ1) is 11.7. The molecule has 1 saturated heterocycles. The van der Waals surface area contributed by atoms with E-state index in [0.29, 0.717) is 23.9 Å². The van der Waals surface area contributed by atoms with Crippen LogP contribution in [-0.2, 0) is 4.79 Å². The fourth-order valence-electron chi connectivity index (χ4n) is 2.98. The molecule has 1 heterocycles. The van der Waals surface area contributed by atoms with E-state index in [1.54, 1.807) is 6.92 Å². The third-order valence-electron chi connectivity index (χ3n) is 4.19. The molecule has 5 heteroatoms. The van der Waals surface area contributed by atoms with Gasteiger partial charge in [-0.3, -0.25) is 4.79 Å². The fraction of sp³-hybridized carbons (Fsp3) is 0.316. The second-order valence-corrected chi connectivity index (χ2v) is 6.25. The van der Waals surface area contributed by atoms with E-state index in [1.165, 1.54) is 0 Å². The standard InChI is InChI=1S/C19H21ClN2O2/c1-14(24-15-7-3-2-4-8-15)19(23)22-12-11-21-13-18(22)16-9-5-6-10-17(16)20/h2-10,14,18,21H,11-13H2,1H3. The van der Waals surface area contributed by atoms with Gasteiger partial charge in [0.05, 0.1) is 6.04 Å². The van der Waals surface area contributed by atoms with Gasteiger partial charge in [-0.2, -0.15) is 0 Å². The fourth-order valence-corrected chi connectivity index (χ4v) is 3.24. The minimum atomic E-state index is -0.546. The van der Waals surface area contributed by atoms with Crippen molar-refractivity contribution in [2.75, 3.05) is 19.6 Å². The zero-order valence-corrected chi connectivity index (χ0v) is 14.4. The summed E-state index contributed by atoms with van der Waals surface area (Å²) >= 11 is 6.34. The van der Waals surface area contributed by atoms with Gasteiger partial charge in [0.1, 0.15) is 5.75 Å². The number of nitrogens with zero attached hydrogens (tertiary/aromatic N) is 1. The third kappa shape index (κ3) is 3.71. The van der Waals surface area contributed by atoms with Crippen LogP contribution in [0.3, 0.4) is 0 Å². The zero-order valence-electron chi connectivity index (χ0n) is 13.6. The molecule has 2 atom stereocenters. The molecule has 0 radical (unpaired) electrons. The van der Waals surface area contributed by atoms with Gasteiger partial charge in [0.25, 0.3) is 5.91 Å². The van der Waals surface area contributed by atoms with E-state index in [0.717, 1.165) is 12.1 Å². The summed E-state index contributed by atoms with van der Waals surface area (Å²) in [7, 11) is 0. The lowest BCUT2D eigenvalue weighted by Gasteiger charge is -2.38. The molecule has 0 aromatic heterocycles. The molecule has 1 aliphatic heterocycles. The summed E-state index contributed by atoms with van der Waals surface area (Å²) in [5.74, 6) is 0.674. The molecule has 0 bridgehead atoms. The van der Waals surface area contributed by atoms with E-state index in [9.17, 15) is 4.79 Å². The number of nitrogens with one attached hydrogen (secondary N) is 1. The van der Waals surface area contributed by atoms with Crippen LogP contribution in [0.25, 0.3) is 0 Å². The van der Waals surface area contributed by atoms with Gasteiger partial charge in [-0.25, -0.2) is 0 Å². The highest BCUT2D eigenvalue weighted by atomic mass is 35.5. The molecule has 0 saturated carbocycles. The van der Waals surface area contributed by atoms with Crippen molar-refractivity contribution in [3.8, 4) is 5.75 Å². The number of carbonyl (C=O) groups is 1. The molecule has 1 N–H and O–H groups in total. The first-order valence-corrected chi connectivity index (χ1v) is 8.52. The Balaban J connectivity index is 1.77. The summed E-state index contributed by atoms with van der Waals surface area (Å²) in [4.78, 5) is 14.8. The first kappa shape index (κ1) is 16.8. The van der Waals surface area contributed by atoms with E-state index >= 15 is 0 Å². The van der Waals surface area contributed by atoms with Gasteiger partial charge in [0.2, 0.25) is 0 Å². The number of carbonyl (C=O) groups excluding carboxylic acids is 1. The Kier molecular flexibility index (Phi) is 5.38. The van der Waals surface area contributed by atoms with Crippen molar-refractivity contribution in [3.63, 3.8) is 0 Å². The molecule has 2 aromatic rings. The van der Waals surface area contributed by atoms with Crippen LogP contribution in [0.1, 0.15) is 18.5 Å². The monoisotopic (exact) mass is 344 g/mol. The van der Waals surface area contributed by atoms with Crippen LogP contribution in [0.2, 0.25) is 5.02 Å². The van der Waals surface area contributed by atoms with Crippen molar-refractivity contribution in [2.24, 2.45) is 0 Å². The lowest BCUT2D eigenvalue weighted by atomic mass is 10.0. The van der Waals surface area contributed by atoms with Crippen molar-refractivity contribution < 1.29 is 9.53 Å². The summed E-state index contributed by atoms with van der Waals surface area (Å²) in [6.45, 7) is 3.89. The van der Waals surface area contributed by atoms with E-state index < -0.39 is 6.10 Å². The Morgan fingerprint density at radius 1 is 1.21 bits per heavy atom. The van der Waals surface area contributed by atoms with Crippen molar-refractivity contribution >= 4 is 17.5 Å². The highest BCUT2D eigenvalue weighted by molar-refractivity contribution is 6.31. The van der Waals surface area contributed by atoms with E-state index in [1.807, 2.05) is 59.5 Å². The zero-order chi connectivity index (χ0) is 16.9. The second-order valence-electron chi connectivity index (χ2n) is 5.85. The van der Waals surface area contributed by atoms with Crippen molar-refractivity contribution in [1.29, 1.82) is 0 Å². The molecular formula is C19H21ClN2O2. The maximum absolute atomic E-state index is 12.9. The Morgan fingerprint density at radius 2 is 1.92 bits per heavy atom. The molecule has 1 amide bonds. The lowest BCUT2D eigenvalue weighted by molar-refractivity contribution is -0.141. The summed E-state index contributed by atoms with van der Waals surface area (Å²) in [5, 5.41) is 4.02. The maximum Gasteiger partial charge on any atom is 0.263 e. The van der Waals surface area contributed by atoms with E-state index in [-0.39, 0.29) is 11.9 Å². The van der Waals surface area contributed by atoms with E-state index in [2.05, 4.69) is 5.32 Å². The van der Waals surface area contributed by atoms with Gasteiger partial charge in [0, 0.05) is 24.7 Å². The average Bonchev–Trinajstić information content (AvgIpc) is 2.62. The Hall–Kier alpha value is -2.04. The van der Waals surface area contributed by atoms with Gasteiger partial charge >= 0.3 is 0 Å². The molecular weight excluding hydrogens is 324 g/mol. The molecule has 4 nitrogen and oxygen atoms in total. The average molecular weight is 345 g/mol. The number of hydrogen-bond acceptors (Lipinski definition) is 3. The number of amides is 1. The first-order valence-electron chi connectivity index (χ1n) is 8.14. The van der Waals surface area contributed by atoms with Crippen molar-refractivity contribution in [3.05, 3.63) is 65.2 Å². The molecule has 0 aliphatic carbocycles. The van der Waals surface area contributed by atoms with Crippen LogP contribution in [-0.4, -0.2) is 36.5 Å². The van der Waals surface area contributed by atoms with E-state index in [4.69, 9.17) is 16.3 Å². The molecule has 1 fully saturated rings. The highest BCUT2D eigenvalue weighted by Gasteiger charge is 2.32. The molecule has 2 aromatic carbocycles. The minimum absolute atomic E-state index is 0.0229. The van der Waals surface area contributed by atoms with Gasteiger partial charge in [-0.1, -0.05) is 48.0 Å². The number of benzene rings is 2. The molecule has 126 valence electrons. The molecule has 1 aliphatic rings. The maximum atomic E-state index is 12.9. The van der Waals surface area contributed by atoms with Crippen LogP contribution in [0.15, 0.2) is 54.6 Å². The number of rotatable bonds is 4. The predicted octanol–water partition coefficient (Wildman–Crippen LogP) is 3.28. The quantitative estimate of drug-likeness (QED) is 0.925. The Bertz CT molecular complexity index is 693. The molecule has 24 heavy (non-hydrogen) atoms. The third-order valence-corrected chi connectivity index (χ3v) is 4.54. The smallest absolute Gasteiger partial charge is 0.263 e. The Morgan fingerprint density at radius 3 is 2.67 bits per heavy atom. The van der Waals surface area contributed by atoms with Crippen molar-refractivity contribution in [1.82, 2.24) is 10.2 Å². The highest BCUT2D eigenvalue weighted by Crippen LogP contribution is 2.29. The minimum Gasteiger partial charge on any atom is -0.481 e. The number of halogens is 1. The van der Waals surface area contributed by atoms with Crippen LogP contribution in [0.5, 0.6) is 5.75 Å². The van der Waals surface area contributed by atoms with Crippen LogP contribution >= 0.6 is 11.6 Å². The molecule has 0 spiro atoms. The summed E-state index contributed by atoms with van der Waals surface area (Å²) in [5.41, 5.74) is 0.964. The molecule has 3 rings (SSSR count). The largest absolute Gasteiger partial charge is 0.481 e. The SMILES string of the molecule is CC(Oc1ccccc1)C(=O)N1CCNCC1c1ccccc1Cl. The van der Waals surface area contributed by atoms with Crippen molar-refractivity contribution in [2.45, 2.75) is 19.1 Å². The van der Waals surface area contributed by atoms with Crippen LogP contribution < -0.4 is 10.1 Å². The summed E-state index contributed by atoms with van der Waals surface area (Å²) in [6.07, 6.45) is -0.546. The van der Waals surface area contributed by atoms with Gasteiger partial charge in [-0.05, 0) is 30.7 Å². The van der Waals surface area contributed by atoms with Gasteiger partial charge in [0.15, 0.2) is 6.10 Å². The number of ether oxygens (including phenoxy) is 1. The second kappa shape index (κ2) is 7.69. The van der Waals surface area contributed by atoms with Crippen LogP contribution in [0, 0.1) is 0 Å². The number of hydrogen-bond donors (Lipinski definition) is 1. The van der Waals surface area contributed by atoms with Crippen LogP contribution in [0.4, 0.5) is 0 Å². The van der Waals surface area contributed by atoms with Gasteiger partial charge in [-0.15, -0.1) is 0 Å². The van der Waals surface area contributed by atoms with Gasteiger partial charge < -0.3 is 15.0 Å². The number of piperazine rings is 1. The normalized spacial score (nSPS) is 18.9. The predicted molar refractivity (Wildman–Crippen MR) is 95.3 cm³/mol. The topological polar surface area (TPSA) is 41.6 Å². The molecule has 2 unspecified atom stereocenters. The summed E-state index contributed by atoms with van der Waals surface area (Å²) in [6, 6.07) is 17.0.